The van der Waals surface area contributed by atoms with Crippen LogP contribution >= 0.6 is 0 Å². The smallest absolute Gasteiger partial charge is 0.337 e. The van der Waals surface area contributed by atoms with E-state index in [-0.39, 0.29) is 23.1 Å². The van der Waals surface area contributed by atoms with Crippen LogP contribution < -0.4 is 0 Å². The van der Waals surface area contributed by atoms with Crippen molar-refractivity contribution in [3.8, 4) is 0 Å². The van der Waals surface area contributed by atoms with Crippen LogP contribution in [0.5, 0.6) is 0 Å². The molecule has 1 aromatic rings. The van der Waals surface area contributed by atoms with Crippen LogP contribution in [-0.2, 0) is 21.2 Å². The topological polar surface area (TPSA) is 63.6 Å². The molecule has 0 aliphatic carbocycles. The number of methoxy groups -OCH3 is 1. The molecule has 124 valence electrons. The van der Waals surface area contributed by atoms with Gasteiger partial charge in [0, 0.05) is 0 Å². The van der Waals surface area contributed by atoms with Crippen molar-refractivity contribution >= 4 is 17.0 Å². The Kier molecular flexibility index (Phi) is 7.23. The lowest BCUT2D eigenvalue weighted by molar-refractivity contribution is 0.0600. The molecule has 0 saturated carbocycles. The highest BCUT2D eigenvalue weighted by Crippen LogP contribution is 2.38. The maximum atomic E-state index is 11.5. The molecular weight excluding hydrogens is 300 g/mol. The van der Waals surface area contributed by atoms with Crippen molar-refractivity contribution in [1.82, 2.24) is 0 Å². The molecule has 0 radical (unpaired) electrons. The van der Waals surface area contributed by atoms with E-state index in [0.717, 1.165) is 24.8 Å². The zero-order valence-electron chi connectivity index (χ0n) is 13.8. The maximum Gasteiger partial charge on any atom is 0.337 e. The van der Waals surface area contributed by atoms with E-state index in [1.165, 1.54) is 7.11 Å². The van der Waals surface area contributed by atoms with Crippen LogP contribution in [0.2, 0.25) is 0 Å². The van der Waals surface area contributed by atoms with Crippen LogP contribution in [0, 0.1) is 5.92 Å². The summed E-state index contributed by atoms with van der Waals surface area (Å²) in [6.07, 6.45) is 2.74. The molecule has 4 nitrogen and oxygen atoms in total. The van der Waals surface area contributed by atoms with Crippen molar-refractivity contribution < 1.29 is 18.3 Å². The standard InChI is InChI=1S/C17H26O4S/c1-5-7-15(12-22(19)20)17(3,6-2)14-10-8-13(9-11-14)16(18)21-4/h8-11,15H,5-7,12H2,1-4H3,(H,19,20). The molecule has 0 saturated heterocycles. The van der Waals surface area contributed by atoms with Gasteiger partial charge in [-0.3, -0.25) is 0 Å². The van der Waals surface area contributed by atoms with Crippen LogP contribution in [0.15, 0.2) is 24.3 Å². The lowest BCUT2D eigenvalue weighted by Gasteiger charge is -2.37. The molecule has 5 heteroatoms. The molecule has 0 fully saturated rings. The molecule has 1 N–H and O–H groups in total. The van der Waals surface area contributed by atoms with E-state index in [2.05, 4.69) is 20.8 Å². The molecule has 1 aromatic carbocycles. The molecule has 0 amide bonds. The van der Waals surface area contributed by atoms with Crippen molar-refractivity contribution in [3.63, 3.8) is 0 Å². The second kappa shape index (κ2) is 8.44. The van der Waals surface area contributed by atoms with Crippen LogP contribution in [-0.4, -0.2) is 27.6 Å². The van der Waals surface area contributed by atoms with Gasteiger partial charge in [0.25, 0.3) is 0 Å². The molecule has 22 heavy (non-hydrogen) atoms. The average molecular weight is 326 g/mol. The Balaban J connectivity index is 3.14. The van der Waals surface area contributed by atoms with Gasteiger partial charge in [0.15, 0.2) is 11.1 Å². The summed E-state index contributed by atoms with van der Waals surface area (Å²) >= 11 is -1.81. The second-order valence-electron chi connectivity index (χ2n) is 5.81. The molecule has 1 rings (SSSR count). The number of carbonyl (C=O) groups is 1. The lowest BCUT2D eigenvalue weighted by Crippen LogP contribution is -2.35. The Labute approximate surface area is 135 Å². The highest BCUT2D eigenvalue weighted by molar-refractivity contribution is 7.79. The van der Waals surface area contributed by atoms with Crippen molar-refractivity contribution in [2.24, 2.45) is 5.92 Å². The lowest BCUT2D eigenvalue weighted by atomic mass is 9.69. The molecule has 3 unspecified atom stereocenters. The third kappa shape index (κ3) is 4.40. The first-order valence-corrected chi connectivity index (χ1v) is 8.92. The van der Waals surface area contributed by atoms with Gasteiger partial charge in [-0.2, -0.15) is 0 Å². The zero-order valence-corrected chi connectivity index (χ0v) is 14.6. The molecule has 0 bridgehead atoms. The quantitative estimate of drug-likeness (QED) is 0.583. The predicted molar refractivity (Wildman–Crippen MR) is 89.5 cm³/mol. The summed E-state index contributed by atoms with van der Waals surface area (Å²) in [7, 11) is 1.36. The highest BCUT2D eigenvalue weighted by Gasteiger charge is 2.34. The number of rotatable bonds is 8. The number of ether oxygens (including phenoxy) is 1. The Morgan fingerprint density at radius 1 is 1.32 bits per heavy atom. The Bertz CT molecular complexity index is 512. The first-order valence-electron chi connectivity index (χ1n) is 7.65. The van der Waals surface area contributed by atoms with Gasteiger partial charge in [0.1, 0.15) is 0 Å². The molecule has 0 heterocycles. The van der Waals surface area contributed by atoms with E-state index >= 15 is 0 Å². The Morgan fingerprint density at radius 2 is 1.91 bits per heavy atom. The third-order valence-corrected chi connectivity index (χ3v) is 5.27. The fourth-order valence-corrected chi connectivity index (χ4v) is 3.82. The Hall–Kier alpha value is -1.20. The summed E-state index contributed by atoms with van der Waals surface area (Å²) in [4.78, 5) is 11.5. The fourth-order valence-electron chi connectivity index (χ4n) is 2.94. The van der Waals surface area contributed by atoms with Gasteiger partial charge < -0.3 is 9.29 Å². The molecule has 0 aromatic heterocycles. The van der Waals surface area contributed by atoms with Gasteiger partial charge in [-0.15, -0.1) is 0 Å². The van der Waals surface area contributed by atoms with E-state index in [1.54, 1.807) is 12.1 Å². The van der Waals surface area contributed by atoms with Crippen molar-refractivity contribution in [3.05, 3.63) is 35.4 Å². The molecule has 0 spiro atoms. The van der Waals surface area contributed by atoms with E-state index in [0.29, 0.717) is 5.56 Å². The van der Waals surface area contributed by atoms with Gasteiger partial charge >= 0.3 is 5.97 Å². The van der Waals surface area contributed by atoms with Gasteiger partial charge in [-0.05, 0) is 41.9 Å². The minimum absolute atomic E-state index is 0.123. The number of benzene rings is 1. The van der Waals surface area contributed by atoms with E-state index < -0.39 is 11.1 Å². The first kappa shape index (κ1) is 18.8. The summed E-state index contributed by atoms with van der Waals surface area (Å²) in [5.74, 6) is 0.0420. The summed E-state index contributed by atoms with van der Waals surface area (Å²) in [6, 6.07) is 7.37. The fraction of sp³-hybridized carbons (Fsp3) is 0.588. The number of hydrogen-bond donors (Lipinski definition) is 1. The van der Waals surface area contributed by atoms with Crippen molar-refractivity contribution in [2.45, 2.75) is 45.4 Å². The summed E-state index contributed by atoms with van der Waals surface area (Å²) in [5.41, 5.74) is 1.41. The number of carbonyl (C=O) groups excluding carboxylic acids is 1. The first-order chi connectivity index (χ1) is 10.4. The third-order valence-electron chi connectivity index (χ3n) is 4.58. The summed E-state index contributed by atoms with van der Waals surface area (Å²) in [5, 5.41) is 0. The van der Waals surface area contributed by atoms with Gasteiger partial charge in [-0.25, -0.2) is 9.00 Å². The zero-order chi connectivity index (χ0) is 16.8. The summed E-state index contributed by atoms with van der Waals surface area (Å²) < 4.78 is 25.3. The van der Waals surface area contributed by atoms with E-state index in [9.17, 15) is 13.6 Å². The van der Waals surface area contributed by atoms with Gasteiger partial charge in [-0.1, -0.05) is 39.3 Å². The predicted octanol–water partition coefficient (Wildman–Crippen LogP) is 3.78. The number of esters is 1. The minimum atomic E-state index is -1.81. The van der Waals surface area contributed by atoms with E-state index in [4.69, 9.17) is 4.74 Å². The van der Waals surface area contributed by atoms with Gasteiger partial charge in [0.2, 0.25) is 0 Å². The van der Waals surface area contributed by atoms with Crippen LogP contribution in [0.1, 0.15) is 56.0 Å². The normalized spacial score (nSPS) is 16.6. The highest BCUT2D eigenvalue weighted by atomic mass is 32.2. The molecule has 3 atom stereocenters. The van der Waals surface area contributed by atoms with Crippen molar-refractivity contribution in [1.29, 1.82) is 0 Å². The molecule has 0 aliphatic heterocycles. The minimum Gasteiger partial charge on any atom is -0.465 e. The average Bonchev–Trinajstić information content (AvgIpc) is 2.52. The summed E-state index contributed by atoms with van der Waals surface area (Å²) in [6.45, 7) is 6.31. The van der Waals surface area contributed by atoms with Crippen LogP contribution in [0.3, 0.4) is 0 Å². The van der Waals surface area contributed by atoms with Crippen LogP contribution in [0.4, 0.5) is 0 Å². The second-order valence-corrected chi connectivity index (χ2v) is 6.79. The number of hydrogen-bond acceptors (Lipinski definition) is 3. The monoisotopic (exact) mass is 326 g/mol. The molecular formula is C17H26O4S. The Morgan fingerprint density at radius 3 is 2.32 bits per heavy atom. The largest absolute Gasteiger partial charge is 0.465 e. The molecule has 0 aliphatic rings. The SMILES string of the molecule is CCCC(CS(=O)O)C(C)(CC)c1ccc(C(=O)OC)cc1. The van der Waals surface area contributed by atoms with Crippen LogP contribution in [0.25, 0.3) is 0 Å². The van der Waals surface area contributed by atoms with E-state index in [1.807, 2.05) is 12.1 Å². The maximum absolute atomic E-state index is 11.5. The van der Waals surface area contributed by atoms with Crippen molar-refractivity contribution in [2.75, 3.05) is 12.9 Å². The van der Waals surface area contributed by atoms with Gasteiger partial charge in [0.05, 0.1) is 18.4 Å².